The molecule has 2 atom stereocenters. The number of amides is 1. The summed E-state index contributed by atoms with van der Waals surface area (Å²) < 4.78 is 5.83. The number of ether oxygens (including phenoxy) is 1. The van der Waals surface area contributed by atoms with Gasteiger partial charge in [-0.05, 0) is 18.1 Å². The molecular weight excluding hydrogens is 262 g/mol. The van der Waals surface area contributed by atoms with Gasteiger partial charge in [0.05, 0.1) is 12.5 Å². The van der Waals surface area contributed by atoms with Crippen LogP contribution in [0, 0.1) is 0 Å². The fraction of sp³-hybridized carbons (Fsp3) is 0.278. The van der Waals surface area contributed by atoms with E-state index < -0.39 is 0 Å². The van der Waals surface area contributed by atoms with Crippen molar-refractivity contribution in [2.75, 3.05) is 6.73 Å². The number of carbonyl (C=O) groups is 1. The topological polar surface area (TPSA) is 29.5 Å². The molecule has 0 unspecified atom stereocenters. The predicted molar refractivity (Wildman–Crippen MR) is 81.6 cm³/mol. The second-order valence-electron chi connectivity index (χ2n) is 5.39. The van der Waals surface area contributed by atoms with Crippen molar-refractivity contribution in [2.45, 2.75) is 25.5 Å². The second kappa shape index (κ2) is 6.10. The lowest BCUT2D eigenvalue weighted by molar-refractivity contribution is -0.132. The molecule has 2 aromatic carbocycles. The highest BCUT2D eigenvalue weighted by atomic mass is 16.5. The van der Waals surface area contributed by atoms with E-state index in [9.17, 15) is 4.79 Å². The molecule has 0 aromatic heterocycles. The highest BCUT2D eigenvalue weighted by Crippen LogP contribution is 2.31. The zero-order valence-electron chi connectivity index (χ0n) is 12.1. The third-order valence-corrected chi connectivity index (χ3v) is 3.97. The standard InChI is InChI=1S/C18H19NO2/c1-14-18(16-10-6-3-7-11-16)21-13-19(14)17(20)12-15-8-4-2-5-9-15/h2-11,14,18H,12-13H2,1H3/t14-,18-/m1/s1. The first kappa shape index (κ1) is 13.8. The Morgan fingerprint density at radius 2 is 1.71 bits per heavy atom. The molecule has 0 aliphatic carbocycles. The van der Waals surface area contributed by atoms with Gasteiger partial charge in [-0.3, -0.25) is 4.79 Å². The lowest BCUT2D eigenvalue weighted by Crippen LogP contribution is -2.36. The minimum atomic E-state index is -0.0362. The van der Waals surface area contributed by atoms with Crippen LogP contribution in [0.2, 0.25) is 0 Å². The van der Waals surface area contributed by atoms with E-state index in [-0.39, 0.29) is 18.1 Å². The average Bonchev–Trinajstić information content (AvgIpc) is 2.91. The van der Waals surface area contributed by atoms with E-state index >= 15 is 0 Å². The van der Waals surface area contributed by atoms with Crippen LogP contribution in [0.15, 0.2) is 60.7 Å². The van der Waals surface area contributed by atoms with Crippen molar-refractivity contribution >= 4 is 5.91 Å². The first-order valence-electron chi connectivity index (χ1n) is 7.25. The summed E-state index contributed by atoms with van der Waals surface area (Å²) in [6, 6.07) is 20.0. The molecule has 0 saturated carbocycles. The quantitative estimate of drug-likeness (QED) is 0.865. The molecular formula is C18H19NO2. The van der Waals surface area contributed by atoms with Crippen LogP contribution in [-0.2, 0) is 16.0 Å². The van der Waals surface area contributed by atoms with Crippen molar-refractivity contribution in [3.8, 4) is 0 Å². The van der Waals surface area contributed by atoms with Gasteiger partial charge in [-0.2, -0.15) is 0 Å². The Hall–Kier alpha value is -2.13. The Kier molecular flexibility index (Phi) is 4.02. The van der Waals surface area contributed by atoms with E-state index in [0.717, 1.165) is 11.1 Å². The molecule has 1 saturated heterocycles. The monoisotopic (exact) mass is 281 g/mol. The van der Waals surface area contributed by atoms with Gasteiger partial charge in [0, 0.05) is 0 Å². The fourth-order valence-electron chi connectivity index (χ4n) is 2.77. The molecule has 0 N–H and O–H groups in total. The summed E-state index contributed by atoms with van der Waals surface area (Å²) in [5.41, 5.74) is 2.16. The number of benzene rings is 2. The van der Waals surface area contributed by atoms with E-state index in [1.54, 1.807) is 0 Å². The highest BCUT2D eigenvalue weighted by molar-refractivity contribution is 5.79. The van der Waals surface area contributed by atoms with Gasteiger partial charge in [-0.25, -0.2) is 0 Å². The average molecular weight is 281 g/mol. The summed E-state index contributed by atoms with van der Waals surface area (Å²) >= 11 is 0. The molecule has 3 rings (SSSR count). The summed E-state index contributed by atoms with van der Waals surface area (Å²) in [5.74, 6) is 0.118. The maximum atomic E-state index is 12.4. The Balaban J connectivity index is 1.69. The number of carbonyl (C=O) groups excluding carboxylic acids is 1. The molecule has 1 heterocycles. The molecule has 3 nitrogen and oxygen atoms in total. The number of rotatable bonds is 3. The van der Waals surface area contributed by atoms with E-state index in [1.807, 2.05) is 72.5 Å². The summed E-state index contributed by atoms with van der Waals surface area (Å²) in [6.45, 7) is 2.42. The molecule has 2 aromatic rings. The highest BCUT2D eigenvalue weighted by Gasteiger charge is 2.35. The second-order valence-corrected chi connectivity index (χ2v) is 5.39. The Bertz CT molecular complexity index is 597. The number of hydrogen-bond acceptors (Lipinski definition) is 2. The zero-order valence-corrected chi connectivity index (χ0v) is 12.1. The number of hydrogen-bond donors (Lipinski definition) is 0. The van der Waals surface area contributed by atoms with E-state index in [2.05, 4.69) is 0 Å². The summed E-state index contributed by atoms with van der Waals surface area (Å²) in [6.07, 6.45) is 0.390. The van der Waals surface area contributed by atoms with E-state index in [4.69, 9.17) is 4.74 Å². The first-order chi connectivity index (χ1) is 10.3. The molecule has 21 heavy (non-hydrogen) atoms. The van der Waals surface area contributed by atoms with Crippen molar-refractivity contribution in [3.05, 3.63) is 71.8 Å². The Labute approximate surface area is 125 Å². The Morgan fingerprint density at radius 1 is 1.10 bits per heavy atom. The van der Waals surface area contributed by atoms with Crippen LogP contribution in [0.25, 0.3) is 0 Å². The predicted octanol–water partition coefficient (Wildman–Crippen LogP) is 3.18. The van der Waals surface area contributed by atoms with Crippen LogP contribution in [0.1, 0.15) is 24.2 Å². The molecule has 1 aliphatic heterocycles. The smallest absolute Gasteiger partial charge is 0.229 e. The maximum Gasteiger partial charge on any atom is 0.229 e. The number of nitrogens with zero attached hydrogens (tertiary/aromatic N) is 1. The first-order valence-corrected chi connectivity index (χ1v) is 7.25. The van der Waals surface area contributed by atoms with Crippen molar-refractivity contribution in [1.29, 1.82) is 0 Å². The normalized spacial score (nSPS) is 21.5. The molecule has 1 amide bonds. The lowest BCUT2D eigenvalue weighted by atomic mass is 10.0. The molecule has 0 radical (unpaired) electrons. The minimum Gasteiger partial charge on any atom is -0.351 e. The van der Waals surface area contributed by atoms with E-state index in [1.165, 1.54) is 0 Å². The van der Waals surface area contributed by atoms with Crippen molar-refractivity contribution in [1.82, 2.24) is 4.90 Å². The fourth-order valence-corrected chi connectivity index (χ4v) is 2.77. The largest absolute Gasteiger partial charge is 0.351 e. The lowest BCUT2D eigenvalue weighted by Gasteiger charge is -2.22. The minimum absolute atomic E-state index is 0.0362. The van der Waals surface area contributed by atoms with Crippen LogP contribution in [-0.4, -0.2) is 23.6 Å². The third kappa shape index (κ3) is 2.98. The molecule has 0 spiro atoms. The summed E-state index contributed by atoms with van der Waals surface area (Å²) in [4.78, 5) is 14.3. The molecule has 108 valence electrons. The van der Waals surface area contributed by atoms with Crippen LogP contribution in [0.5, 0.6) is 0 Å². The molecule has 1 fully saturated rings. The Morgan fingerprint density at radius 3 is 2.38 bits per heavy atom. The van der Waals surface area contributed by atoms with Crippen molar-refractivity contribution in [2.24, 2.45) is 0 Å². The molecule has 1 aliphatic rings. The van der Waals surface area contributed by atoms with Gasteiger partial charge in [-0.1, -0.05) is 60.7 Å². The maximum absolute atomic E-state index is 12.4. The zero-order chi connectivity index (χ0) is 14.7. The SMILES string of the molecule is C[C@@H]1[C@H](c2ccccc2)OCN1C(=O)Cc1ccccc1. The van der Waals surface area contributed by atoms with Crippen molar-refractivity contribution < 1.29 is 9.53 Å². The molecule has 0 bridgehead atoms. The summed E-state index contributed by atoms with van der Waals surface area (Å²) in [7, 11) is 0. The third-order valence-electron chi connectivity index (χ3n) is 3.97. The van der Waals surface area contributed by atoms with Gasteiger partial charge in [-0.15, -0.1) is 0 Å². The van der Waals surface area contributed by atoms with Gasteiger partial charge in [0.15, 0.2) is 0 Å². The van der Waals surface area contributed by atoms with Gasteiger partial charge in [0.25, 0.3) is 0 Å². The van der Waals surface area contributed by atoms with Gasteiger partial charge < -0.3 is 9.64 Å². The van der Waals surface area contributed by atoms with Gasteiger partial charge >= 0.3 is 0 Å². The van der Waals surface area contributed by atoms with Gasteiger partial charge in [0.1, 0.15) is 12.8 Å². The molecule has 3 heteroatoms. The van der Waals surface area contributed by atoms with Crippen LogP contribution in [0.4, 0.5) is 0 Å². The summed E-state index contributed by atoms with van der Waals surface area (Å²) in [5, 5.41) is 0. The van der Waals surface area contributed by atoms with Gasteiger partial charge in [0.2, 0.25) is 5.91 Å². The van der Waals surface area contributed by atoms with E-state index in [0.29, 0.717) is 13.2 Å². The van der Waals surface area contributed by atoms with Crippen LogP contribution >= 0.6 is 0 Å². The van der Waals surface area contributed by atoms with Crippen LogP contribution in [0.3, 0.4) is 0 Å². The van der Waals surface area contributed by atoms with Crippen LogP contribution < -0.4 is 0 Å². The van der Waals surface area contributed by atoms with Crippen molar-refractivity contribution in [3.63, 3.8) is 0 Å².